The molecule has 1 heteroatoms. The molecule has 1 unspecified atom stereocenters. The third-order valence-electron chi connectivity index (χ3n) is 1.63. The lowest BCUT2D eigenvalue weighted by atomic mass is 10.1. The van der Waals surface area contributed by atoms with Gasteiger partial charge < -0.3 is 5.73 Å². The summed E-state index contributed by atoms with van der Waals surface area (Å²) in [5, 5.41) is 0. The first-order valence-corrected chi connectivity index (χ1v) is 4.43. The minimum Gasteiger partial charge on any atom is -0.330 e. The molecule has 0 aromatic carbocycles. The van der Waals surface area contributed by atoms with Crippen LogP contribution in [0.4, 0.5) is 0 Å². The Balaban J connectivity index is 2.97. The molecule has 0 fully saturated rings. The predicted octanol–water partition coefficient (Wildman–Crippen LogP) is 2.70. The van der Waals surface area contributed by atoms with Crippen molar-refractivity contribution in [2.75, 3.05) is 6.54 Å². The summed E-state index contributed by atoms with van der Waals surface area (Å²) in [6.45, 7) is 2.88. The third-order valence-corrected chi connectivity index (χ3v) is 1.63. The molecule has 0 aliphatic heterocycles. The SMILES string of the molecule is [2H]C(CCN)CCCCCC. The van der Waals surface area contributed by atoms with Gasteiger partial charge >= 0.3 is 0 Å². The van der Waals surface area contributed by atoms with Crippen LogP contribution in [-0.2, 0) is 0 Å². The van der Waals surface area contributed by atoms with Crippen LogP contribution in [0.5, 0.6) is 0 Å². The second-order valence-corrected chi connectivity index (χ2v) is 2.72. The van der Waals surface area contributed by atoms with Gasteiger partial charge in [-0.1, -0.05) is 45.4 Å². The first-order valence-electron chi connectivity index (χ1n) is 5.01. The van der Waals surface area contributed by atoms with Crippen LogP contribution in [0.3, 0.4) is 0 Å². The Kier molecular flexibility index (Phi) is 7.22. The summed E-state index contributed by atoms with van der Waals surface area (Å²) in [5.41, 5.74) is 5.34. The Morgan fingerprint density at radius 1 is 1.10 bits per heavy atom. The standard InChI is InChI=1S/C9H21N/c1-2-3-4-5-6-7-8-9-10/h2-10H2,1H3/i7D. The molecule has 10 heavy (non-hydrogen) atoms. The molecule has 0 saturated carbocycles. The fourth-order valence-electron chi connectivity index (χ4n) is 0.978. The lowest BCUT2D eigenvalue weighted by Gasteiger charge is -1.97. The summed E-state index contributed by atoms with van der Waals surface area (Å²) in [4.78, 5) is 0. The van der Waals surface area contributed by atoms with Crippen LogP contribution in [0.15, 0.2) is 0 Å². The minimum absolute atomic E-state index is 0.0943. The van der Waals surface area contributed by atoms with Gasteiger partial charge in [0.2, 0.25) is 0 Å². The lowest BCUT2D eigenvalue weighted by Crippen LogP contribution is -1.97. The summed E-state index contributed by atoms with van der Waals surface area (Å²) >= 11 is 0. The Morgan fingerprint density at radius 2 is 1.80 bits per heavy atom. The largest absolute Gasteiger partial charge is 0.330 e. The van der Waals surface area contributed by atoms with E-state index in [1.165, 1.54) is 25.7 Å². The van der Waals surface area contributed by atoms with Crippen molar-refractivity contribution in [2.45, 2.75) is 51.8 Å². The summed E-state index contributed by atoms with van der Waals surface area (Å²) in [6.07, 6.45) is 7.09. The van der Waals surface area contributed by atoms with Crippen LogP contribution >= 0.6 is 0 Å². The number of rotatable bonds is 7. The van der Waals surface area contributed by atoms with Crippen LogP contribution in [0.2, 0.25) is 0 Å². The fraction of sp³-hybridized carbons (Fsp3) is 1.00. The third kappa shape index (κ3) is 7.96. The molecule has 0 amide bonds. The van der Waals surface area contributed by atoms with E-state index in [9.17, 15) is 0 Å². The van der Waals surface area contributed by atoms with E-state index in [-0.39, 0.29) is 6.40 Å². The molecule has 2 N–H and O–H groups in total. The van der Waals surface area contributed by atoms with Gasteiger partial charge in [0, 0.05) is 1.37 Å². The highest BCUT2D eigenvalue weighted by Gasteiger charge is 1.87. The number of hydrogen-bond acceptors (Lipinski definition) is 1. The van der Waals surface area contributed by atoms with E-state index in [0.717, 1.165) is 12.8 Å². The first-order chi connectivity index (χ1) is 5.31. The van der Waals surface area contributed by atoms with Crippen molar-refractivity contribution in [2.24, 2.45) is 5.73 Å². The summed E-state index contributed by atoms with van der Waals surface area (Å²) in [5.74, 6) is 0. The molecule has 0 aliphatic rings. The Labute approximate surface area is 66.4 Å². The molecule has 0 aliphatic carbocycles. The van der Waals surface area contributed by atoms with Crippen molar-refractivity contribution in [1.29, 1.82) is 0 Å². The molecule has 0 bridgehead atoms. The molecule has 0 aromatic rings. The van der Waals surface area contributed by atoms with Crippen molar-refractivity contribution in [1.82, 2.24) is 0 Å². The number of unbranched alkanes of at least 4 members (excludes halogenated alkanes) is 3. The molecule has 0 spiro atoms. The maximum absolute atomic E-state index is 7.53. The second-order valence-electron chi connectivity index (χ2n) is 2.72. The van der Waals surface area contributed by atoms with Gasteiger partial charge in [0.15, 0.2) is 0 Å². The normalized spacial score (nSPS) is 14.8. The average Bonchev–Trinajstić information content (AvgIpc) is 1.99. The highest BCUT2D eigenvalue weighted by atomic mass is 14.5. The molecule has 0 rings (SSSR count). The maximum Gasteiger partial charge on any atom is 0.0267 e. The number of nitrogens with two attached hydrogens (primary N) is 1. The topological polar surface area (TPSA) is 26.0 Å². The molecular weight excluding hydrogens is 122 g/mol. The van der Waals surface area contributed by atoms with Gasteiger partial charge in [-0.3, -0.25) is 0 Å². The van der Waals surface area contributed by atoms with Gasteiger partial charge in [-0.05, 0) is 13.0 Å². The summed E-state index contributed by atoms with van der Waals surface area (Å²) in [6, 6.07) is 0. The van der Waals surface area contributed by atoms with Gasteiger partial charge in [-0.2, -0.15) is 0 Å². The van der Waals surface area contributed by atoms with Gasteiger partial charge in [0.1, 0.15) is 0 Å². The van der Waals surface area contributed by atoms with E-state index in [1.807, 2.05) is 0 Å². The molecular formula is C9H21N. The molecule has 62 valence electrons. The maximum atomic E-state index is 7.53. The Hall–Kier alpha value is -0.0400. The zero-order valence-corrected chi connectivity index (χ0v) is 7.10. The van der Waals surface area contributed by atoms with Crippen molar-refractivity contribution in [3.8, 4) is 0 Å². The zero-order chi connectivity index (χ0) is 8.53. The fourth-order valence-corrected chi connectivity index (χ4v) is 0.978. The predicted molar refractivity (Wildman–Crippen MR) is 47.0 cm³/mol. The van der Waals surface area contributed by atoms with Crippen LogP contribution in [0, 0.1) is 0 Å². The van der Waals surface area contributed by atoms with E-state index in [4.69, 9.17) is 7.10 Å². The van der Waals surface area contributed by atoms with Crippen LogP contribution in [0.25, 0.3) is 0 Å². The van der Waals surface area contributed by atoms with Gasteiger partial charge in [-0.15, -0.1) is 0 Å². The van der Waals surface area contributed by atoms with Gasteiger partial charge in [-0.25, -0.2) is 0 Å². The van der Waals surface area contributed by atoms with Crippen LogP contribution in [0.1, 0.15) is 53.2 Å². The quantitative estimate of drug-likeness (QED) is 0.546. The van der Waals surface area contributed by atoms with Crippen molar-refractivity contribution in [3.05, 3.63) is 0 Å². The van der Waals surface area contributed by atoms with Crippen LogP contribution < -0.4 is 5.73 Å². The zero-order valence-electron chi connectivity index (χ0n) is 8.10. The van der Waals surface area contributed by atoms with Crippen molar-refractivity contribution >= 4 is 0 Å². The Morgan fingerprint density at radius 3 is 2.40 bits per heavy atom. The van der Waals surface area contributed by atoms with E-state index in [1.54, 1.807) is 0 Å². The molecule has 0 heterocycles. The van der Waals surface area contributed by atoms with Crippen LogP contribution in [-0.4, -0.2) is 6.54 Å². The summed E-state index contributed by atoms with van der Waals surface area (Å²) < 4.78 is 7.53. The van der Waals surface area contributed by atoms with Gasteiger partial charge in [0.05, 0.1) is 0 Å². The average molecular weight is 144 g/mol. The van der Waals surface area contributed by atoms with E-state index >= 15 is 0 Å². The molecule has 0 aromatic heterocycles. The van der Waals surface area contributed by atoms with E-state index in [0.29, 0.717) is 6.54 Å². The highest BCUT2D eigenvalue weighted by molar-refractivity contribution is 4.44. The molecule has 0 radical (unpaired) electrons. The minimum atomic E-state index is 0.0943. The van der Waals surface area contributed by atoms with Gasteiger partial charge in [0.25, 0.3) is 0 Å². The van der Waals surface area contributed by atoms with Crippen molar-refractivity contribution in [3.63, 3.8) is 0 Å². The monoisotopic (exact) mass is 144 g/mol. The summed E-state index contributed by atoms with van der Waals surface area (Å²) in [7, 11) is 0. The van der Waals surface area contributed by atoms with E-state index in [2.05, 4.69) is 6.92 Å². The lowest BCUT2D eigenvalue weighted by molar-refractivity contribution is 0.593. The smallest absolute Gasteiger partial charge is 0.0267 e. The molecule has 0 saturated heterocycles. The van der Waals surface area contributed by atoms with Crippen molar-refractivity contribution < 1.29 is 1.37 Å². The second kappa shape index (κ2) is 8.96. The molecule has 1 atom stereocenters. The molecule has 1 nitrogen and oxygen atoms in total. The highest BCUT2D eigenvalue weighted by Crippen LogP contribution is 2.05. The Bertz CT molecular complexity index is 76.0. The number of hydrogen-bond donors (Lipinski definition) is 1. The first kappa shape index (κ1) is 8.06. The van der Waals surface area contributed by atoms with E-state index < -0.39 is 0 Å².